The molecule has 0 N–H and O–H groups in total. The molecule has 0 saturated carbocycles. The van der Waals surface area contributed by atoms with Gasteiger partial charge in [-0.05, 0) is 51.2 Å². The maximum absolute atomic E-state index is 11.9. The fraction of sp³-hybridized carbons (Fsp3) is 0.167. The van der Waals surface area contributed by atoms with Crippen LogP contribution in [0.3, 0.4) is 0 Å². The maximum Gasteiger partial charge on any atom is 0.574 e. The highest BCUT2D eigenvalue weighted by Crippen LogP contribution is 2.32. The van der Waals surface area contributed by atoms with E-state index in [2.05, 4.69) is 9.72 Å². The van der Waals surface area contributed by atoms with Crippen LogP contribution in [0.4, 0.5) is 13.2 Å². The number of aromatic nitrogens is 1. The highest BCUT2D eigenvalue weighted by Gasteiger charge is 2.33. The van der Waals surface area contributed by atoms with Crippen molar-refractivity contribution in [2.45, 2.75) is 6.36 Å². The van der Waals surface area contributed by atoms with Crippen LogP contribution < -0.4 is 4.74 Å². The minimum atomic E-state index is -4.77. The number of rotatable bonds is 1. The monoisotopic (exact) mass is 449 g/mol. The molecule has 0 aromatic carbocycles. The molecule has 1 heterocycles. The van der Waals surface area contributed by atoms with Crippen LogP contribution in [0.25, 0.3) is 0 Å². The molecule has 1 aromatic heterocycles. The van der Waals surface area contributed by atoms with Crippen molar-refractivity contribution in [2.75, 3.05) is 0 Å². The molecule has 0 aliphatic heterocycles. The molecule has 0 aliphatic carbocycles. The summed E-state index contributed by atoms with van der Waals surface area (Å²) in [6, 6.07) is 1.55. The summed E-state index contributed by atoms with van der Waals surface area (Å²) in [7, 11) is 0. The molecule has 0 saturated heterocycles. The van der Waals surface area contributed by atoms with Crippen molar-refractivity contribution in [2.24, 2.45) is 0 Å². The van der Waals surface area contributed by atoms with Crippen molar-refractivity contribution in [3.63, 3.8) is 0 Å². The summed E-state index contributed by atoms with van der Waals surface area (Å²) in [6.45, 7) is 0. The number of hydrogen-bond acceptors (Lipinski definition) is 2. The van der Waals surface area contributed by atoms with E-state index in [9.17, 15) is 13.2 Å². The first-order valence-corrected chi connectivity index (χ1v) is 5.60. The molecule has 14 heavy (non-hydrogen) atoms. The lowest BCUT2D eigenvalue weighted by molar-refractivity contribution is -0.276. The Hall–Kier alpha value is 0.490. The first-order valence-electron chi connectivity index (χ1n) is 3.07. The zero-order valence-electron chi connectivity index (χ0n) is 6.20. The van der Waals surface area contributed by atoms with Crippen LogP contribution in [0.2, 0.25) is 5.02 Å². The lowest BCUT2D eigenvalue weighted by Crippen LogP contribution is -2.18. The molecule has 0 aliphatic rings. The van der Waals surface area contributed by atoms with Crippen LogP contribution in [-0.2, 0) is 0 Å². The Kier molecular flexibility index (Phi) is 4.09. The SMILES string of the molecule is FC(F)(F)Oc1nc(I)cc(I)c1Cl. The lowest BCUT2D eigenvalue weighted by atomic mass is 10.5. The molecule has 78 valence electrons. The van der Waals surface area contributed by atoms with E-state index in [1.165, 1.54) is 0 Å². The molecule has 0 unspecified atom stereocenters. The van der Waals surface area contributed by atoms with Gasteiger partial charge in [-0.2, -0.15) is 0 Å². The van der Waals surface area contributed by atoms with Crippen LogP contribution in [-0.4, -0.2) is 11.3 Å². The van der Waals surface area contributed by atoms with Gasteiger partial charge < -0.3 is 4.74 Å². The Labute approximate surface area is 109 Å². The van der Waals surface area contributed by atoms with E-state index in [-0.39, 0.29) is 5.02 Å². The maximum atomic E-state index is 11.9. The number of hydrogen-bond donors (Lipinski definition) is 0. The predicted molar refractivity (Wildman–Crippen MR) is 61.4 cm³/mol. The Morgan fingerprint density at radius 1 is 1.36 bits per heavy atom. The Morgan fingerprint density at radius 3 is 2.43 bits per heavy atom. The second kappa shape index (κ2) is 4.56. The third-order valence-electron chi connectivity index (χ3n) is 1.06. The smallest absolute Gasteiger partial charge is 0.386 e. The van der Waals surface area contributed by atoms with E-state index in [0.717, 1.165) is 0 Å². The zero-order chi connectivity index (χ0) is 10.9. The highest BCUT2D eigenvalue weighted by atomic mass is 127. The first kappa shape index (κ1) is 12.6. The van der Waals surface area contributed by atoms with Gasteiger partial charge in [0.25, 0.3) is 0 Å². The van der Waals surface area contributed by atoms with Crippen molar-refractivity contribution in [1.82, 2.24) is 4.98 Å². The molecule has 0 bridgehead atoms. The Morgan fingerprint density at radius 2 is 1.93 bits per heavy atom. The standard InChI is InChI=1S/C6HClF3I2NO/c7-4-2(11)1-3(12)13-5(4)14-6(8,9)10/h1H. The van der Waals surface area contributed by atoms with E-state index >= 15 is 0 Å². The van der Waals surface area contributed by atoms with E-state index in [0.29, 0.717) is 7.27 Å². The van der Waals surface area contributed by atoms with Crippen LogP contribution in [0.5, 0.6) is 5.88 Å². The number of alkyl halides is 3. The fourth-order valence-electron chi connectivity index (χ4n) is 0.626. The lowest BCUT2D eigenvalue weighted by Gasteiger charge is -2.10. The second-order valence-electron chi connectivity index (χ2n) is 2.09. The third-order valence-corrected chi connectivity index (χ3v) is 3.15. The normalized spacial score (nSPS) is 11.6. The van der Waals surface area contributed by atoms with Gasteiger partial charge in [0.2, 0.25) is 5.88 Å². The molecular formula is C6HClF3I2NO. The summed E-state index contributed by atoms with van der Waals surface area (Å²) in [6.07, 6.45) is -4.77. The van der Waals surface area contributed by atoms with Gasteiger partial charge in [0.15, 0.2) is 0 Å². The van der Waals surface area contributed by atoms with Crippen molar-refractivity contribution < 1.29 is 17.9 Å². The van der Waals surface area contributed by atoms with Crippen molar-refractivity contribution >= 4 is 56.8 Å². The average molecular weight is 449 g/mol. The third kappa shape index (κ3) is 3.57. The Balaban J connectivity index is 3.09. The molecule has 0 radical (unpaired) electrons. The van der Waals surface area contributed by atoms with Gasteiger partial charge in [-0.3, -0.25) is 0 Å². The molecule has 1 aromatic rings. The summed E-state index contributed by atoms with van der Waals surface area (Å²) < 4.78 is 40.1. The summed E-state index contributed by atoms with van der Waals surface area (Å²) >= 11 is 9.15. The van der Waals surface area contributed by atoms with Crippen molar-refractivity contribution in [1.29, 1.82) is 0 Å². The van der Waals surface area contributed by atoms with E-state index in [1.807, 2.05) is 0 Å². The van der Waals surface area contributed by atoms with Crippen LogP contribution in [0.1, 0.15) is 0 Å². The predicted octanol–water partition coefficient (Wildman–Crippen LogP) is 3.84. The van der Waals surface area contributed by atoms with Crippen molar-refractivity contribution in [3.05, 3.63) is 18.4 Å². The minimum absolute atomic E-state index is 0.136. The van der Waals surface area contributed by atoms with Gasteiger partial charge in [0, 0.05) is 3.57 Å². The van der Waals surface area contributed by atoms with Gasteiger partial charge in [-0.15, -0.1) is 13.2 Å². The van der Waals surface area contributed by atoms with Gasteiger partial charge in [-0.25, -0.2) is 4.98 Å². The summed E-state index contributed by atoms with van der Waals surface area (Å²) in [5.41, 5.74) is 0. The number of halogens is 6. The van der Waals surface area contributed by atoms with Crippen LogP contribution in [0.15, 0.2) is 6.07 Å². The topological polar surface area (TPSA) is 22.1 Å². The van der Waals surface area contributed by atoms with E-state index in [4.69, 9.17) is 11.6 Å². The minimum Gasteiger partial charge on any atom is -0.386 e. The molecule has 2 nitrogen and oxygen atoms in total. The summed E-state index contributed by atoms with van der Waals surface area (Å²) in [5, 5.41) is -0.136. The van der Waals surface area contributed by atoms with E-state index < -0.39 is 12.2 Å². The highest BCUT2D eigenvalue weighted by molar-refractivity contribution is 14.1. The molecule has 1 rings (SSSR count). The molecule has 0 fully saturated rings. The molecule has 0 spiro atoms. The van der Waals surface area contributed by atoms with Crippen molar-refractivity contribution in [3.8, 4) is 5.88 Å². The van der Waals surface area contributed by atoms with Gasteiger partial charge in [-0.1, -0.05) is 11.6 Å². The van der Waals surface area contributed by atoms with Crippen LogP contribution >= 0.6 is 56.8 Å². The van der Waals surface area contributed by atoms with Gasteiger partial charge in [0.1, 0.15) is 8.72 Å². The summed E-state index contributed by atoms with van der Waals surface area (Å²) in [5.74, 6) is -0.615. The largest absolute Gasteiger partial charge is 0.574 e. The number of ether oxygens (including phenoxy) is 1. The van der Waals surface area contributed by atoms with Gasteiger partial charge >= 0.3 is 6.36 Å². The number of pyridine rings is 1. The van der Waals surface area contributed by atoms with Crippen LogP contribution in [0, 0.1) is 7.27 Å². The average Bonchev–Trinajstić information content (AvgIpc) is 1.96. The molecule has 0 atom stereocenters. The van der Waals surface area contributed by atoms with E-state index in [1.54, 1.807) is 51.2 Å². The molecule has 0 amide bonds. The van der Waals surface area contributed by atoms with Gasteiger partial charge in [0.05, 0.1) is 0 Å². The first-order chi connectivity index (χ1) is 6.29. The Bertz CT molecular complexity index is 358. The zero-order valence-corrected chi connectivity index (χ0v) is 11.3. The fourth-order valence-corrected chi connectivity index (χ4v) is 2.41. The second-order valence-corrected chi connectivity index (χ2v) is 4.74. The molecular weight excluding hydrogens is 448 g/mol. The quantitative estimate of drug-likeness (QED) is 0.480. The summed E-state index contributed by atoms with van der Waals surface area (Å²) in [4.78, 5) is 3.53. The number of nitrogens with zero attached hydrogens (tertiary/aromatic N) is 1. The molecule has 8 heteroatoms.